The number of nitrogens with one attached hydrogen (secondary N) is 1. The van der Waals surface area contributed by atoms with Gasteiger partial charge >= 0.3 is 0 Å². The molecule has 0 aromatic heterocycles. The molecule has 1 heterocycles. The quantitative estimate of drug-likeness (QED) is 0.441. The first-order valence-electron chi connectivity index (χ1n) is 14.3. The summed E-state index contributed by atoms with van der Waals surface area (Å²) in [5, 5.41) is 3.53. The van der Waals surface area contributed by atoms with E-state index in [0.717, 1.165) is 42.1 Å². The van der Waals surface area contributed by atoms with Gasteiger partial charge in [0.15, 0.2) is 6.17 Å². The zero-order valence-corrected chi connectivity index (χ0v) is 22.8. The Morgan fingerprint density at radius 1 is 0.769 bits per heavy atom. The van der Waals surface area contributed by atoms with Crippen molar-refractivity contribution in [2.75, 3.05) is 0 Å². The van der Waals surface area contributed by atoms with Gasteiger partial charge in [-0.15, -0.1) is 0 Å². The predicted octanol–water partition coefficient (Wildman–Crippen LogP) is 8.43. The summed E-state index contributed by atoms with van der Waals surface area (Å²) < 4.78 is 0. The molecule has 2 atom stereocenters. The third-order valence-electron chi connectivity index (χ3n) is 9.08. The fraction of sp³-hybridized carbons (Fsp3) is 0.278. The molecule has 0 spiro atoms. The van der Waals surface area contributed by atoms with Crippen molar-refractivity contribution in [3.63, 3.8) is 0 Å². The fourth-order valence-electron chi connectivity index (χ4n) is 6.83. The van der Waals surface area contributed by atoms with Gasteiger partial charge in [0, 0.05) is 5.56 Å². The molecule has 3 nitrogen and oxygen atoms in total. The zero-order valence-electron chi connectivity index (χ0n) is 22.8. The van der Waals surface area contributed by atoms with Crippen LogP contribution in [0.15, 0.2) is 129 Å². The van der Waals surface area contributed by atoms with Crippen LogP contribution in [0.1, 0.15) is 68.8 Å². The van der Waals surface area contributed by atoms with Crippen molar-refractivity contribution < 1.29 is 0 Å². The first kappa shape index (κ1) is 24.1. The molecular formula is C36H35N3. The molecule has 39 heavy (non-hydrogen) atoms. The Kier molecular flexibility index (Phi) is 5.96. The van der Waals surface area contributed by atoms with Crippen LogP contribution in [0.5, 0.6) is 0 Å². The number of aliphatic imine (C=N–C) groups is 2. The summed E-state index contributed by atoms with van der Waals surface area (Å²) in [5.41, 5.74) is 11.1. The summed E-state index contributed by atoms with van der Waals surface area (Å²) >= 11 is 0. The van der Waals surface area contributed by atoms with Gasteiger partial charge in [-0.1, -0.05) is 117 Å². The topological polar surface area (TPSA) is 36.8 Å². The van der Waals surface area contributed by atoms with E-state index in [1.54, 1.807) is 5.57 Å². The number of fused-ring (bicyclic) bond motifs is 2. The molecule has 0 saturated heterocycles. The van der Waals surface area contributed by atoms with Crippen molar-refractivity contribution >= 4 is 17.2 Å². The minimum absolute atomic E-state index is 0.219. The fourth-order valence-corrected chi connectivity index (χ4v) is 6.83. The van der Waals surface area contributed by atoms with Crippen LogP contribution in [0.2, 0.25) is 0 Å². The second-order valence-electron chi connectivity index (χ2n) is 11.7. The monoisotopic (exact) mass is 509 g/mol. The molecule has 0 saturated carbocycles. The number of hydrogen-bond donors (Lipinski definition) is 1. The molecule has 2 aromatic carbocycles. The average molecular weight is 510 g/mol. The highest BCUT2D eigenvalue weighted by Gasteiger charge is 2.44. The molecule has 0 fully saturated rings. The largest absolute Gasteiger partial charge is 0.325 e. The summed E-state index contributed by atoms with van der Waals surface area (Å²) in [5.74, 6) is 2.37. The lowest BCUT2D eigenvalue weighted by atomic mass is 9.70. The zero-order chi connectivity index (χ0) is 26.4. The van der Waals surface area contributed by atoms with Crippen molar-refractivity contribution in [3.05, 3.63) is 136 Å². The maximum Gasteiger partial charge on any atom is 0.169 e. The molecule has 4 aliphatic carbocycles. The normalized spacial score (nSPS) is 25.0. The van der Waals surface area contributed by atoms with Gasteiger partial charge < -0.3 is 5.32 Å². The summed E-state index contributed by atoms with van der Waals surface area (Å²) in [6.45, 7) is 4.90. The van der Waals surface area contributed by atoms with Crippen LogP contribution < -0.4 is 5.32 Å². The van der Waals surface area contributed by atoms with Crippen LogP contribution >= 0.6 is 0 Å². The first-order valence-corrected chi connectivity index (χ1v) is 14.3. The summed E-state index contributed by atoms with van der Waals surface area (Å²) in [7, 11) is 0. The molecule has 0 amide bonds. The van der Waals surface area contributed by atoms with Gasteiger partial charge in [0.1, 0.15) is 11.7 Å². The minimum Gasteiger partial charge on any atom is -0.325 e. The number of nitrogens with zero attached hydrogens (tertiary/aromatic N) is 2. The Morgan fingerprint density at radius 2 is 1.56 bits per heavy atom. The number of rotatable bonds is 4. The second-order valence-corrected chi connectivity index (χ2v) is 11.7. The van der Waals surface area contributed by atoms with E-state index in [-0.39, 0.29) is 11.6 Å². The Bertz CT molecular complexity index is 1550. The van der Waals surface area contributed by atoms with E-state index < -0.39 is 0 Å². The van der Waals surface area contributed by atoms with Crippen LogP contribution in [0, 0.1) is 11.3 Å². The van der Waals surface area contributed by atoms with E-state index in [4.69, 9.17) is 9.98 Å². The second kappa shape index (κ2) is 9.64. The van der Waals surface area contributed by atoms with Crippen LogP contribution in [-0.2, 0) is 0 Å². The predicted molar refractivity (Wildman–Crippen MR) is 163 cm³/mol. The number of benzene rings is 2. The van der Waals surface area contributed by atoms with Crippen LogP contribution in [0.4, 0.5) is 0 Å². The summed E-state index contributed by atoms with van der Waals surface area (Å²) in [6.07, 6.45) is 21.2. The molecule has 1 aliphatic heterocycles. The average Bonchev–Trinajstić information content (AvgIpc) is 3.24. The lowest BCUT2D eigenvalue weighted by Gasteiger charge is -2.33. The maximum atomic E-state index is 5.08. The lowest BCUT2D eigenvalue weighted by molar-refractivity contribution is 0.325. The first-order chi connectivity index (χ1) is 19.1. The maximum absolute atomic E-state index is 5.08. The smallest absolute Gasteiger partial charge is 0.169 e. The lowest BCUT2D eigenvalue weighted by Crippen LogP contribution is -2.36. The van der Waals surface area contributed by atoms with Crippen LogP contribution in [0.25, 0.3) is 5.57 Å². The van der Waals surface area contributed by atoms with Gasteiger partial charge in [0.05, 0.1) is 0 Å². The van der Waals surface area contributed by atoms with E-state index >= 15 is 0 Å². The molecular weight excluding hydrogens is 474 g/mol. The Labute approximate surface area is 231 Å². The highest BCUT2D eigenvalue weighted by atomic mass is 15.2. The van der Waals surface area contributed by atoms with Gasteiger partial charge in [-0.2, -0.15) is 0 Å². The molecule has 0 radical (unpaired) electrons. The van der Waals surface area contributed by atoms with Crippen LogP contribution in [0.3, 0.4) is 0 Å². The molecule has 194 valence electrons. The van der Waals surface area contributed by atoms with E-state index in [1.165, 1.54) is 40.7 Å². The standard InChI is InChI=1S/C36H35N3/c1-36(2)31-16-10-9-15-29(31)30-22-21-28(23-32(30)36)24-17-19-27(20-18-24)35-38-33(25-11-5-3-6-12-25)37-34(39-35)26-13-7-4-8-14-26/h3-7,9,11-13,15,17-22,32,35H,8,10,14,16,23H2,1-2H3,(H,37,38,39). The van der Waals surface area contributed by atoms with Gasteiger partial charge in [0.25, 0.3) is 0 Å². The van der Waals surface area contributed by atoms with Gasteiger partial charge in [-0.3, -0.25) is 0 Å². The Balaban J connectivity index is 1.19. The Hall–Kier alpha value is -3.98. The molecule has 5 aliphatic rings. The minimum atomic E-state index is -0.263. The van der Waals surface area contributed by atoms with Gasteiger partial charge in [-0.25, -0.2) is 9.98 Å². The number of allylic oxidation sites excluding steroid dienone is 11. The summed E-state index contributed by atoms with van der Waals surface area (Å²) in [6, 6.07) is 19.4. The van der Waals surface area contributed by atoms with Crippen molar-refractivity contribution in [2.24, 2.45) is 21.3 Å². The van der Waals surface area contributed by atoms with Crippen molar-refractivity contribution in [2.45, 2.75) is 52.1 Å². The Morgan fingerprint density at radius 3 is 2.36 bits per heavy atom. The molecule has 0 bridgehead atoms. The SMILES string of the molecule is CC1(C)C2=C(C=CCC2)C2=CC=C(c3ccc(C4N=C(C5=CC=CCC5)NC(c5ccccc5)=N4)cc3)CC21. The van der Waals surface area contributed by atoms with E-state index in [0.29, 0.717) is 5.92 Å². The summed E-state index contributed by atoms with van der Waals surface area (Å²) in [4.78, 5) is 10.1. The molecule has 2 unspecified atom stereocenters. The molecule has 2 aromatic rings. The molecule has 3 heteroatoms. The highest BCUT2D eigenvalue weighted by molar-refractivity contribution is 6.15. The highest BCUT2D eigenvalue weighted by Crippen LogP contribution is 2.57. The third kappa shape index (κ3) is 4.30. The van der Waals surface area contributed by atoms with Gasteiger partial charge in [-0.05, 0) is 76.9 Å². The van der Waals surface area contributed by atoms with Crippen molar-refractivity contribution in [1.29, 1.82) is 0 Å². The number of hydrogen-bond acceptors (Lipinski definition) is 3. The molecule has 7 rings (SSSR count). The molecule has 1 N–H and O–H groups in total. The van der Waals surface area contributed by atoms with Crippen molar-refractivity contribution in [1.82, 2.24) is 5.32 Å². The van der Waals surface area contributed by atoms with Crippen LogP contribution in [-0.4, -0.2) is 11.7 Å². The van der Waals surface area contributed by atoms with E-state index in [9.17, 15) is 0 Å². The third-order valence-corrected chi connectivity index (χ3v) is 9.08. The van der Waals surface area contributed by atoms with E-state index in [1.807, 2.05) is 6.07 Å². The van der Waals surface area contributed by atoms with Gasteiger partial charge in [0.2, 0.25) is 0 Å². The van der Waals surface area contributed by atoms with E-state index in [2.05, 4.69) is 110 Å². The van der Waals surface area contributed by atoms with Crippen molar-refractivity contribution in [3.8, 4) is 0 Å². The number of amidine groups is 2.